The zero-order valence-electron chi connectivity index (χ0n) is 10.4. The van der Waals surface area contributed by atoms with Crippen molar-refractivity contribution >= 4 is 33.3 Å². The van der Waals surface area contributed by atoms with E-state index in [0.717, 1.165) is 28.9 Å². The minimum Gasteiger partial charge on any atom is -0.381 e. The van der Waals surface area contributed by atoms with E-state index in [1.54, 1.807) is 18.4 Å². The standard InChI is InChI=1S/C12H16N4OS/c1-13-12-15-9-3-4-18-10(9)11(16-12)14-7-5-8(6-7)17-2/h3-4,7-8H,5-6H2,1-2H3,(H2,13,14,15,16). The van der Waals surface area contributed by atoms with Crippen LogP contribution in [-0.2, 0) is 4.74 Å². The van der Waals surface area contributed by atoms with Gasteiger partial charge in [0.05, 0.1) is 16.3 Å². The molecule has 0 spiro atoms. The zero-order chi connectivity index (χ0) is 12.5. The zero-order valence-corrected chi connectivity index (χ0v) is 11.3. The van der Waals surface area contributed by atoms with Crippen LogP contribution in [-0.4, -0.2) is 36.3 Å². The minimum atomic E-state index is 0.395. The van der Waals surface area contributed by atoms with Crippen LogP contribution in [0.4, 0.5) is 11.8 Å². The maximum atomic E-state index is 5.29. The van der Waals surface area contributed by atoms with E-state index in [0.29, 0.717) is 18.1 Å². The second-order valence-electron chi connectivity index (χ2n) is 4.45. The highest BCUT2D eigenvalue weighted by molar-refractivity contribution is 7.17. The molecule has 1 aliphatic carbocycles. The molecule has 0 unspecified atom stereocenters. The van der Waals surface area contributed by atoms with E-state index in [-0.39, 0.29) is 0 Å². The number of fused-ring (bicyclic) bond motifs is 1. The quantitative estimate of drug-likeness (QED) is 0.887. The van der Waals surface area contributed by atoms with E-state index in [2.05, 4.69) is 20.6 Å². The second-order valence-corrected chi connectivity index (χ2v) is 5.37. The van der Waals surface area contributed by atoms with E-state index in [4.69, 9.17) is 4.74 Å². The number of ether oxygens (including phenoxy) is 1. The Kier molecular flexibility index (Phi) is 3.05. The Morgan fingerprint density at radius 2 is 2.22 bits per heavy atom. The van der Waals surface area contributed by atoms with Crippen molar-refractivity contribution in [3.05, 3.63) is 11.4 Å². The third-order valence-electron chi connectivity index (χ3n) is 3.30. The first-order valence-corrected chi connectivity index (χ1v) is 6.90. The number of nitrogens with zero attached hydrogens (tertiary/aromatic N) is 2. The topological polar surface area (TPSA) is 59.1 Å². The van der Waals surface area contributed by atoms with Gasteiger partial charge in [0.15, 0.2) is 0 Å². The van der Waals surface area contributed by atoms with Gasteiger partial charge in [-0.25, -0.2) is 4.98 Å². The van der Waals surface area contributed by atoms with Gasteiger partial charge in [0, 0.05) is 20.2 Å². The minimum absolute atomic E-state index is 0.395. The van der Waals surface area contributed by atoms with E-state index >= 15 is 0 Å². The number of hydrogen-bond donors (Lipinski definition) is 2. The average molecular weight is 264 g/mol. The molecule has 0 radical (unpaired) electrons. The van der Waals surface area contributed by atoms with Gasteiger partial charge in [-0.3, -0.25) is 0 Å². The lowest BCUT2D eigenvalue weighted by atomic mass is 9.89. The SMILES string of the molecule is CNc1nc(NC2CC(OC)C2)c2sccc2n1. The molecule has 0 saturated heterocycles. The predicted octanol–water partition coefficient (Wildman–Crippen LogP) is 2.32. The summed E-state index contributed by atoms with van der Waals surface area (Å²) in [5.41, 5.74) is 0.990. The molecule has 6 heteroatoms. The molecule has 1 fully saturated rings. The molecule has 1 aliphatic rings. The Morgan fingerprint density at radius 3 is 2.94 bits per heavy atom. The van der Waals surface area contributed by atoms with Gasteiger partial charge in [0.2, 0.25) is 5.95 Å². The summed E-state index contributed by atoms with van der Waals surface area (Å²) in [6.45, 7) is 0. The Morgan fingerprint density at radius 1 is 1.39 bits per heavy atom. The van der Waals surface area contributed by atoms with Crippen molar-refractivity contribution in [1.82, 2.24) is 9.97 Å². The molecule has 5 nitrogen and oxygen atoms in total. The van der Waals surface area contributed by atoms with Gasteiger partial charge in [-0.15, -0.1) is 11.3 Å². The number of anilines is 2. The van der Waals surface area contributed by atoms with Crippen LogP contribution in [0, 0.1) is 0 Å². The van der Waals surface area contributed by atoms with Crippen LogP contribution in [0.3, 0.4) is 0 Å². The fourth-order valence-electron chi connectivity index (χ4n) is 2.14. The van der Waals surface area contributed by atoms with Crippen molar-refractivity contribution in [3.8, 4) is 0 Å². The number of aromatic nitrogens is 2. The number of nitrogens with one attached hydrogen (secondary N) is 2. The van der Waals surface area contributed by atoms with Crippen molar-refractivity contribution < 1.29 is 4.74 Å². The van der Waals surface area contributed by atoms with Crippen LogP contribution in [0.2, 0.25) is 0 Å². The second kappa shape index (κ2) is 4.70. The van der Waals surface area contributed by atoms with Crippen LogP contribution in [0.25, 0.3) is 10.2 Å². The fourth-order valence-corrected chi connectivity index (χ4v) is 2.93. The Bertz CT molecular complexity index is 550. The van der Waals surface area contributed by atoms with Crippen LogP contribution in [0.5, 0.6) is 0 Å². The molecule has 0 amide bonds. The summed E-state index contributed by atoms with van der Waals surface area (Å²) in [4.78, 5) is 8.92. The van der Waals surface area contributed by atoms with Crippen molar-refractivity contribution in [2.24, 2.45) is 0 Å². The molecular weight excluding hydrogens is 248 g/mol. The predicted molar refractivity (Wildman–Crippen MR) is 74.4 cm³/mol. The smallest absolute Gasteiger partial charge is 0.225 e. The third-order valence-corrected chi connectivity index (χ3v) is 4.21. The average Bonchev–Trinajstić information content (AvgIpc) is 2.80. The molecule has 0 aliphatic heterocycles. The van der Waals surface area contributed by atoms with E-state index < -0.39 is 0 Å². The van der Waals surface area contributed by atoms with Crippen molar-refractivity contribution in [3.63, 3.8) is 0 Å². The van der Waals surface area contributed by atoms with Crippen LogP contribution < -0.4 is 10.6 Å². The van der Waals surface area contributed by atoms with Crippen molar-refractivity contribution in [2.75, 3.05) is 24.8 Å². The number of methoxy groups -OCH3 is 1. The summed E-state index contributed by atoms with van der Waals surface area (Å²) in [6, 6.07) is 2.48. The number of hydrogen-bond acceptors (Lipinski definition) is 6. The summed E-state index contributed by atoms with van der Waals surface area (Å²) in [5, 5.41) is 8.53. The molecular formula is C12H16N4OS. The summed E-state index contributed by atoms with van der Waals surface area (Å²) in [5.74, 6) is 1.59. The van der Waals surface area contributed by atoms with Gasteiger partial charge in [0.25, 0.3) is 0 Å². The van der Waals surface area contributed by atoms with E-state index in [9.17, 15) is 0 Å². The van der Waals surface area contributed by atoms with Crippen LogP contribution in [0.15, 0.2) is 11.4 Å². The van der Waals surface area contributed by atoms with Gasteiger partial charge < -0.3 is 15.4 Å². The number of thiophene rings is 1. The lowest BCUT2D eigenvalue weighted by molar-refractivity contribution is 0.0328. The molecule has 2 N–H and O–H groups in total. The lowest BCUT2D eigenvalue weighted by Gasteiger charge is -2.35. The van der Waals surface area contributed by atoms with Gasteiger partial charge in [0.1, 0.15) is 5.82 Å². The van der Waals surface area contributed by atoms with Gasteiger partial charge in [-0.1, -0.05) is 0 Å². The molecule has 2 aromatic heterocycles. The summed E-state index contributed by atoms with van der Waals surface area (Å²) < 4.78 is 6.41. The van der Waals surface area contributed by atoms with E-state index in [1.807, 2.05) is 18.5 Å². The summed E-state index contributed by atoms with van der Waals surface area (Å²) >= 11 is 1.67. The molecule has 3 rings (SSSR count). The first-order valence-electron chi connectivity index (χ1n) is 6.02. The molecule has 1 saturated carbocycles. The van der Waals surface area contributed by atoms with Crippen LogP contribution >= 0.6 is 11.3 Å². The highest BCUT2D eigenvalue weighted by atomic mass is 32.1. The molecule has 2 aromatic rings. The van der Waals surface area contributed by atoms with E-state index in [1.165, 1.54) is 0 Å². The highest BCUT2D eigenvalue weighted by Crippen LogP contribution is 2.31. The fraction of sp³-hybridized carbons (Fsp3) is 0.500. The van der Waals surface area contributed by atoms with Crippen molar-refractivity contribution in [1.29, 1.82) is 0 Å². The first kappa shape index (κ1) is 11.7. The Hall–Kier alpha value is -1.40. The molecule has 0 bridgehead atoms. The van der Waals surface area contributed by atoms with Gasteiger partial charge in [-0.05, 0) is 24.3 Å². The maximum Gasteiger partial charge on any atom is 0.225 e. The van der Waals surface area contributed by atoms with Crippen molar-refractivity contribution in [2.45, 2.75) is 25.0 Å². The van der Waals surface area contributed by atoms with Gasteiger partial charge >= 0.3 is 0 Å². The van der Waals surface area contributed by atoms with Crippen LogP contribution in [0.1, 0.15) is 12.8 Å². The molecule has 0 aromatic carbocycles. The maximum absolute atomic E-state index is 5.29. The lowest BCUT2D eigenvalue weighted by Crippen LogP contribution is -2.40. The van der Waals surface area contributed by atoms with Gasteiger partial charge in [-0.2, -0.15) is 4.98 Å². The molecule has 2 heterocycles. The molecule has 0 atom stereocenters. The Balaban J connectivity index is 1.84. The summed E-state index contributed by atoms with van der Waals surface area (Å²) in [6.07, 6.45) is 2.48. The molecule has 96 valence electrons. The first-order chi connectivity index (χ1) is 8.80. The monoisotopic (exact) mass is 264 g/mol. The molecule has 18 heavy (non-hydrogen) atoms. The Labute approximate surface area is 110 Å². The third kappa shape index (κ3) is 2.02. The highest BCUT2D eigenvalue weighted by Gasteiger charge is 2.29. The number of rotatable bonds is 4. The largest absolute Gasteiger partial charge is 0.381 e. The summed E-state index contributed by atoms with van der Waals surface area (Å²) in [7, 11) is 3.60. The normalized spacial score (nSPS) is 22.8.